The maximum absolute atomic E-state index is 11.7. The summed E-state index contributed by atoms with van der Waals surface area (Å²) in [5, 5.41) is 9.58. The summed E-state index contributed by atoms with van der Waals surface area (Å²) in [4.78, 5) is 22.9. The summed E-state index contributed by atoms with van der Waals surface area (Å²) in [6, 6.07) is 7.58. The van der Waals surface area contributed by atoms with Crippen molar-refractivity contribution in [2.45, 2.75) is 40.0 Å². The van der Waals surface area contributed by atoms with Crippen molar-refractivity contribution in [2.75, 3.05) is 18.0 Å². The summed E-state index contributed by atoms with van der Waals surface area (Å²) in [7, 11) is 0. The van der Waals surface area contributed by atoms with Crippen LogP contribution in [0, 0.1) is 13.8 Å². The minimum Gasteiger partial charge on any atom is -0.477 e. The molecule has 27 heavy (non-hydrogen) atoms. The molecule has 1 aromatic heterocycles. The van der Waals surface area contributed by atoms with Crippen LogP contribution in [0.5, 0.6) is 0 Å². The fraction of sp³-hybridized carbons (Fsp3) is 0.381. The number of nitrogens with two attached hydrogens (primary N) is 1. The van der Waals surface area contributed by atoms with Crippen LogP contribution in [-0.4, -0.2) is 34.1 Å². The number of allylic oxidation sites excluding steroid dienone is 1. The topological polar surface area (TPSA) is 92.3 Å². The summed E-state index contributed by atoms with van der Waals surface area (Å²) in [6.07, 6.45) is 3.35. The lowest BCUT2D eigenvalue weighted by molar-refractivity contribution is 0.0690. The average molecular weight is 366 g/mol. The van der Waals surface area contributed by atoms with Crippen molar-refractivity contribution in [3.8, 4) is 0 Å². The van der Waals surface area contributed by atoms with E-state index in [1.807, 2.05) is 32.0 Å². The van der Waals surface area contributed by atoms with Crippen LogP contribution >= 0.6 is 0 Å². The van der Waals surface area contributed by atoms with Crippen molar-refractivity contribution in [3.63, 3.8) is 0 Å². The number of aryl methyl sites for hydroxylation is 2. The molecule has 6 nitrogen and oxygen atoms in total. The van der Waals surface area contributed by atoms with E-state index in [2.05, 4.69) is 9.88 Å². The first-order valence-corrected chi connectivity index (χ1v) is 9.29. The highest BCUT2D eigenvalue weighted by atomic mass is 16.4. The molecular weight excluding hydrogens is 340 g/mol. The van der Waals surface area contributed by atoms with E-state index in [4.69, 9.17) is 10.7 Å². The Labute approximate surface area is 159 Å². The van der Waals surface area contributed by atoms with Gasteiger partial charge in [-0.25, -0.2) is 14.8 Å². The number of aromatic nitrogens is 2. The lowest BCUT2D eigenvalue weighted by Crippen LogP contribution is -2.31. The standard InChI is InChI=1S/C21H26N4O2/c1-13-8-7-9-14(2)18(13)19(15(3)22)20-23-16(21(26)27)12-17(24-20)25-10-5-4-6-11-25/h7-9,12H,4-6,10-11,22H2,1-3H3,(H,26,27). The number of piperidine rings is 1. The predicted molar refractivity (Wildman–Crippen MR) is 107 cm³/mol. The van der Waals surface area contributed by atoms with E-state index in [1.54, 1.807) is 13.0 Å². The molecule has 2 aromatic rings. The number of rotatable bonds is 4. The second kappa shape index (κ2) is 7.78. The van der Waals surface area contributed by atoms with Crippen LogP contribution in [-0.2, 0) is 0 Å². The number of aromatic carboxylic acids is 1. The van der Waals surface area contributed by atoms with Gasteiger partial charge in [0.2, 0.25) is 0 Å². The number of carboxylic acids is 1. The van der Waals surface area contributed by atoms with Crippen LogP contribution in [0.3, 0.4) is 0 Å². The number of hydrogen-bond acceptors (Lipinski definition) is 5. The Morgan fingerprint density at radius 1 is 1.11 bits per heavy atom. The average Bonchev–Trinajstić information content (AvgIpc) is 2.64. The Hall–Kier alpha value is -2.89. The Morgan fingerprint density at radius 3 is 2.30 bits per heavy atom. The Kier molecular flexibility index (Phi) is 5.44. The number of hydrogen-bond donors (Lipinski definition) is 2. The highest BCUT2D eigenvalue weighted by Crippen LogP contribution is 2.30. The smallest absolute Gasteiger partial charge is 0.354 e. The molecule has 0 amide bonds. The summed E-state index contributed by atoms with van der Waals surface area (Å²) in [5.41, 5.74) is 10.6. The van der Waals surface area contributed by atoms with E-state index in [9.17, 15) is 9.90 Å². The Bertz CT molecular complexity index is 875. The van der Waals surface area contributed by atoms with Gasteiger partial charge in [0, 0.05) is 30.4 Å². The van der Waals surface area contributed by atoms with E-state index in [0.29, 0.717) is 22.9 Å². The van der Waals surface area contributed by atoms with Gasteiger partial charge in [-0.3, -0.25) is 0 Å². The summed E-state index contributed by atoms with van der Waals surface area (Å²) >= 11 is 0. The molecule has 0 saturated carbocycles. The second-order valence-corrected chi connectivity index (χ2v) is 7.11. The van der Waals surface area contributed by atoms with Crippen molar-refractivity contribution in [2.24, 2.45) is 5.73 Å². The van der Waals surface area contributed by atoms with Gasteiger partial charge in [0.1, 0.15) is 5.82 Å². The monoisotopic (exact) mass is 366 g/mol. The van der Waals surface area contributed by atoms with Crippen LogP contribution < -0.4 is 10.6 Å². The maximum Gasteiger partial charge on any atom is 0.354 e. The van der Waals surface area contributed by atoms with E-state index in [-0.39, 0.29) is 5.69 Å². The van der Waals surface area contributed by atoms with Gasteiger partial charge in [0.25, 0.3) is 0 Å². The van der Waals surface area contributed by atoms with Crippen LogP contribution in [0.15, 0.2) is 30.0 Å². The van der Waals surface area contributed by atoms with E-state index >= 15 is 0 Å². The zero-order valence-electron chi connectivity index (χ0n) is 16.1. The van der Waals surface area contributed by atoms with Gasteiger partial charge in [-0.2, -0.15) is 0 Å². The highest BCUT2D eigenvalue weighted by molar-refractivity contribution is 5.88. The zero-order valence-corrected chi connectivity index (χ0v) is 16.1. The highest BCUT2D eigenvalue weighted by Gasteiger charge is 2.21. The minimum absolute atomic E-state index is 0.00874. The fourth-order valence-corrected chi connectivity index (χ4v) is 3.63. The van der Waals surface area contributed by atoms with Gasteiger partial charge in [-0.15, -0.1) is 0 Å². The molecule has 142 valence electrons. The summed E-state index contributed by atoms with van der Waals surface area (Å²) in [5.74, 6) is -0.0394. The van der Waals surface area contributed by atoms with Gasteiger partial charge in [-0.05, 0) is 56.7 Å². The van der Waals surface area contributed by atoms with Gasteiger partial charge in [0.15, 0.2) is 11.5 Å². The number of nitrogens with zero attached hydrogens (tertiary/aromatic N) is 3. The molecule has 0 unspecified atom stereocenters. The van der Waals surface area contributed by atoms with Crippen LogP contribution in [0.25, 0.3) is 5.57 Å². The second-order valence-electron chi connectivity index (χ2n) is 7.11. The molecule has 3 rings (SSSR count). The first-order chi connectivity index (χ1) is 12.9. The third-order valence-electron chi connectivity index (χ3n) is 4.96. The largest absolute Gasteiger partial charge is 0.477 e. The van der Waals surface area contributed by atoms with Gasteiger partial charge in [0.05, 0.1) is 0 Å². The molecule has 0 bridgehead atoms. The molecule has 3 N–H and O–H groups in total. The SMILES string of the molecule is CC(N)=C(c1nc(C(=O)O)cc(N2CCCCC2)n1)c1c(C)cccc1C. The Balaban J connectivity index is 2.19. The number of anilines is 1. The predicted octanol–water partition coefficient (Wildman–Crippen LogP) is 3.52. The van der Waals surface area contributed by atoms with E-state index < -0.39 is 5.97 Å². The van der Waals surface area contributed by atoms with E-state index in [1.165, 1.54) is 6.42 Å². The lowest BCUT2D eigenvalue weighted by atomic mass is 9.94. The molecule has 0 aliphatic carbocycles. The fourth-order valence-electron chi connectivity index (χ4n) is 3.63. The molecule has 0 spiro atoms. The lowest BCUT2D eigenvalue weighted by Gasteiger charge is -2.28. The van der Waals surface area contributed by atoms with Crippen LogP contribution in [0.4, 0.5) is 5.82 Å². The van der Waals surface area contributed by atoms with Gasteiger partial charge in [-0.1, -0.05) is 18.2 Å². The van der Waals surface area contributed by atoms with Crippen LogP contribution in [0.2, 0.25) is 0 Å². The van der Waals surface area contributed by atoms with Crippen molar-refractivity contribution in [3.05, 3.63) is 58.2 Å². The normalized spacial score (nSPS) is 15.4. The van der Waals surface area contributed by atoms with Crippen molar-refractivity contribution in [1.29, 1.82) is 0 Å². The van der Waals surface area contributed by atoms with Gasteiger partial charge >= 0.3 is 5.97 Å². The maximum atomic E-state index is 11.7. The van der Waals surface area contributed by atoms with E-state index in [0.717, 1.165) is 42.6 Å². The molecule has 1 aromatic carbocycles. The molecule has 1 aliphatic heterocycles. The minimum atomic E-state index is -1.06. The number of benzene rings is 1. The zero-order chi connectivity index (χ0) is 19.6. The third-order valence-corrected chi connectivity index (χ3v) is 4.96. The third kappa shape index (κ3) is 3.94. The quantitative estimate of drug-likeness (QED) is 0.860. The molecule has 0 radical (unpaired) electrons. The van der Waals surface area contributed by atoms with Crippen molar-refractivity contribution >= 4 is 17.4 Å². The first kappa shape index (κ1) is 18.9. The Morgan fingerprint density at radius 2 is 1.74 bits per heavy atom. The van der Waals surface area contributed by atoms with Gasteiger partial charge < -0.3 is 15.7 Å². The molecule has 6 heteroatoms. The molecule has 1 saturated heterocycles. The molecular formula is C21H26N4O2. The van der Waals surface area contributed by atoms with Crippen molar-refractivity contribution in [1.82, 2.24) is 9.97 Å². The number of carboxylic acid groups (broad SMARTS) is 1. The first-order valence-electron chi connectivity index (χ1n) is 9.29. The summed E-state index contributed by atoms with van der Waals surface area (Å²) < 4.78 is 0. The van der Waals surface area contributed by atoms with Crippen LogP contribution in [0.1, 0.15) is 59.2 Å². The molecule has 1 fully saturated rings. The molecule has 0 atom stereocenters. The number of carbonyl (C=O) groups is 1. The van der Waals surface area contributed by atoms with Crippen molar-refractivity contribution < 1.29 is 9.90 Å². The molecule has 1 aliphatic rings. The molecule has 2 heterocycles. The summed E-state index contributed by atoms with van der Waals surface area (Å²) in [6.45, 7) is 7.58.